The predicted molar refractivity (Wildman–Crippen MR) is 135 cm³/mol. The van der Waals surface area contributed by atoms with Crippen molar-refractivity contribution in [1.82, 2.24) is 20.2 Å². The largest absolute Gasteiger partial charge is 0.417 e. The van der Waals surface area contributed by atoms with Gasteiger partial charge in [-0.1, -0.05) is 13.8 Å². The van der Waals surface area contributed by atoms with Crippen LogP contribution in [0, 0.1) is 0 Å². The third kappa shape index (κ3) is 8.78. The van der Waals surface area contributed by atoms with E-state index in [1.165, 1.54) is 18.7 Å². The van der Waals surface area contributed by atoms with Gasteiger partial charge in [0, 0.05) is 30.9 Å². The monoisotopic (exact) mass is 583 g/mol. The van der Waals surface area contributed by atoms with Crippen molar-refractivity contribution in [2.75, 3.05) is 25.0 Å². The molecule has 2 aromatic rings. The van der Waals surface area contributed by atoms with Crippen molar-refractivity contribution < 1.29 is 41.0 Å². The summed E-state index contributed by atoms with van der Waals surface area (Å²) in [4.78, 5) is 34.8. The second-order valence-corrected chi connectivity index (χ2v) is 10.3. The van der Waals surface area contributed by atoms with Crippen LogP contribution >= 0.6 is 11.3 Å². The standard InChI is InChI=1S/C22H25F6N5O3S.C2H6/c1-11-5-4-6-33(11)19(35)15-16(37-18(32-15)17(34)31-9-20(2,3)36)12-8-29-14(30-10-21(23,24)25)7-13(12)22(26,27)28;1-2/h7-8,11,36H,4-6,9-10H2,1-3H3,(H,29,30)(H,31,34);1-2H3. The predicted octanol–water partition coefficient (Wildman–Crippen LogP) is 5.35. The summed E-state index contributed by atoms with van der Waals surface area (Å²) in [5.74, 6) is -2.15. The average molecular weight is 584 g/mol. The number of nitrogens with zero attached hydrogens (tertiary/aromatic N) is 3. The Bertz CT molecular complexity index is 1160. The molecule has 2 amide bonds. The number of hydrogen-bond acceptors (Lipinski definition) is 7. The van der Waals surface area contributed by atoms with Gasteiger partial charge in [0.1, 0.15) is 18.1 Å². The van der Waals surface area contributed by atoms with Crippen LogP contribution in [-0.4, -0.2) is 69.2 Å². The third-order valence-electron chi connectivity index (χ3n) is 5.44. The van der Waals surface area contributed by atoms with Gasteiger partial charge in [-0.2, -0.15) is 26.3 Å². The highest BCUT2D eigenvalue weighted by Gasteiger charge is 2.38. The third-order valence-corrected chi connectivity index (χ3v) is 6.53. The number of anilines is 1. The highest BCUT2D eigenvalue weighted by Crippen LogP contribution is 2.42. The summed E-state index contributed by atoms with van der Waals surface area (Å²) >= 11 is 0.521. The van der Waals surface area contributed by atoms with E-state index in [1.54, 1.807) is 12.2 Å². The first-order valence-corrected chi connectivity index (χ1v) is 13.0. The Labute approximate surface area is 225 Å². The van der Waals surface area contributed by atoms with Crippen molar-refractivity contribution in [2.45, 2.75) is 71.5 Å². The minimum atomic E-state index is -5.03. The van der Waals surface area contributed by atoms with Crippen molar-refractivity contribution in [3.8, 4) is 10.4 Å². The number of aromatic nitrogens is 2. The molecule has 3 rings (SSSR count). The lowest BCUT2D eigenvalue weighted by Gasteiger charge is -2.21. The summed E-state index contributed by atoms with van der Waals surface area (Å²) < 4.78 is 79.6. The number of pyridine rings is 1. The smallest absolute Gasteiger partial charge is 0.389 e. The molecule has 39 heavy (non-hydrogen) atoms. The fraction of sp³-hybridized carbons (Fsp3) is 0.583. The molecule has 8 nitrogen and oxygen atoms in total. The highest BCUT2D eigenvalue weighted by molar-refractivity contribution is 7.17. The molecule has 2 aromatic heterocycles. The summed E-state index contributed by atoms with van der Waals surface area (Å²) in [5.41, 5.74) is -3.62. The minimum absolute atomic E-state index is 0.192. The SMILES string of the molecule is CC.CC1CCCN1C(=O)c1nc(C(=O)NCC(C)(C)O)sc1-c1cnc(NCC(F)(F)F)cc1C(F)(F)F. The van der Waals surface area contributed by atoms with Gasteiger partial charge in [-0.05, 0) is 39.7 Å². The molecule has 15 heteroatoms. The Balaban J connectivity index is 0.00000260. The van der Waals surface area contributed by atoms with Crippen LogP contribution in [0.2, 0.25) is 0 Å². The van der Waals surface area contributed by atoms with E-state index in [1.807, 2.05) is 13.8 Å². The van der Waals surface area contributed by atoms with E-state index >= 15 is 0 Å². The van der Waals surface area contributed by atoms with Gasteiger partial charge >= 0.3 is 12.4 Å². The fourth-order valence-corrected chi connectivity index (χ4v) is 4.64. The Hall–Kier alpha value is -2.94. The summed E-state index contributed by atoms with van der Waals surface area (Å²) in [6, 6.07) is 0.213. The van der Waals surface area contributed by atoms with E-state index in [0.29, 0.717) is 43.0 Å². The number of thiazole rings is 1. The zero-order valence-corrected chi connectivity index (χ0v) is 22.9. The first kappa shape index (κ1) is 32.3. The van der Waals surface area contributed by atoms with Crippen LogP contribution in [-0.2, 0) is 6.18 Å². The second kappa shape index (κ2) is 12.5. The molecule has 1 fully saturated rings. The number of alkyl halides is 6. The quantitative estimate of drug-likeness (QED) is 0.380. The molecule has 218 valence electrons. The number of aliphatic hydroxyl groups is 1. The number of carbonyl (C=O) groups excluding carboxylic acids is 2. The topological polar surface area (TPSA) is 107 Å². The fourth-order valence-electron chi connectivity index (χ4n) is 3.65. The molecule has 1 aliphatic heterocycles. The molecule has 1 unspecified atom stereocenters. The maximum absolute atomic E-state index is 14.0. The molecule has 0 bridgehead atoms. The molecule has 1 atom stereocenters. The zero-order chi connectivity index (χ0) is 29.8. The van der Waals surface area contributed by atoms with E-state index in [4.69, 9.17) is 0 Å². The number of likely N-dealkylation sites (tertiary alicyclic amines) is 1. The van der Waals surface area contributed by atoms with Gasteiger partial charge in [-0.25, -0.2) is 9.97 Å². The lowest BCUT2D eigenvalue weighted by atomic mass is 10.1. The highest BCUT2D eigenvalue weighted by atomic mass is 32.1. The van der Waals surface area contributed by atoms with Gasteiger partial charge in [0.25, 0.3) is 11.8 Å². The summed E-state index contributed by atoms with van der Waals surface area (Å²) in [6.07, 6.45) is -7.65. The molecule has 3 heterocycles. The maximum Gasteiger partial charge on any atom is 0.417 e. The molecule has 1 saturated heterocycles. The van der Waals surface area contributed by atoms with Gasteiger partial charge < -0.3 is 20.6 Å². The molecule has 1 aliphatic rings. The van der Waals surface area contributed by atoms with Gasteiger partial charge in [0.05, 0.1) is 16.0 Å². The summed E-state index contributed by atoms with van der Waals surface area (Å²) in [6.45, 7) is 7.20. The number of carbonyl (C=O) groups is 2. The average Bonchev–Trinajstić information content (AvgIpc) is 3.47. The van der Waals surface area contributed by atoms with Crippen LogP contribution in [0.4, 0.5) is 32.2 Å². The van der Waals surface area contributed by atoms with Crippen molar-refractivity contribution in [3.05, 3.63) is 28.5 Å². The molecule has 0 spiro atoms. The second-order valence-electron chi connectivity index (χ2n) is 9.26. The van der Waals surface area contributed by atoms with E-state index in [-0.39, 0.29) is 22.5 Å². The number of amides is 2. The van der Waals surface area contributed by atoms with Gasteiger partial charge in [-0.15, -0.1) is 11.3 Å². The Morgan fingerprint density at radius 2 is 1.79 bits per heavy atom. The number of hydrogen-bond donors (Lipinski definition) is 3. The molecular formula is C24H31F6N5O3S. The minimum Gasteiger partial charge on any atom is -0.389 e. The Kier molecular flexibility index (Phi) is 10.3. The van der Waals surface area contributed by atoms with Crippen LogP contribution in [0.5, 0.6) is 0 Å². The molecule has 0 saturated carbocycles. The van der Waals surface area contributed by atoms with E-state index in [0.717, 1.165) is 0 Å². The Morgan fingerprint density at radius 3 is 2.31 bits per heavy atom. The van der Waals surface area contributed by atoms with E-state index in [9.17, 15) is 41.0 Å². The molecule has 0 aliphatic carbocycles. The molecule has 3 N–H and O–H groups in total. The van der Waals surface area contributed by atoms with Crippen LogP contribution < -0.4 is 10.6 Å². The van der Waals surface area contributed by atoms with E-state index in [2.05, 4.69) is 15.3 Å². The summed E-state index contributed by atoms with van der Waals surface area (Å²) in [7, 11) is 0. The number of halogens is 6. The van der Waals surface area contributed by atoms with Gasteiger partial charge in [0.2, 0.25) is 0 Å². The number of rotatable bonds is 7. The van der Waals surface area contributed by atoms with Crippen molar-refractivity contribution in [1.29, 1.82) is 0 Å². The first-order valence-electron chi connectivity index (χ1n) is 12.2. The van der Waals surface area contributed by atoms with Crippen molar-refractivity contribution in [2.24, 2.45) is 0 Å². The van der Waals surface area contributed by atoms with Crippen LogP contribution in [0.1, 0.15) is 73.3 Å². The normalized spacial score (nSPS) is 16.0. The van der Waals surface area contributed by atoms with Crippen LogP contribution in [0.25, 0.3) is 10.4 Å². The Morgan fingerprint density at radius 1 is 1.15 bits per heavy atom. The lowest BCUT2D eigenvalue weighted by molar-refractivity contribution is -0.137. The lowest BCUT2D eigenvalue weighted by Crippen LogP contribution is -2.38. The van der Waals surface area contributed by atoms with Gasteiger partial charge in [-0.3, -0.25) is 9.59 Å². The first-order chi connectivity index (χ1) is 18.0. The molecule has 0 radical (unpaired) electrons. The molecular weight excluding hydrogens is 552 g/mol. The molecule has 0 aromatic carbocycles. The number of nitrogens with one attached hydrogen (secondary N) is 2. The maximum atomic E-state index is 14.0. The van der Waals surface area contributed by atoms with Gasteiger partial charge in [0.15, 0.2) is 5.01 Å². The van der Waals surface area contributed by atoms with Crippen LogP contribution in [0.3, 0.4) is 0 Å². The summed E-state index contributed by atoms with van der Waals surface area (Å²) in [5, 5.41) is 13.8. The van der Waals surface area contributed by atoms with Crippen molar-refractivity contribution >= 4 is 29.0 Å². The van der Waals surface area contributed by atoms with Crippen molar-refractivity contribution in [3.63, 3.8) is 0 Å². The zero-order valence-electron chi connectivity index (χ0n) is 22.0. The van der Waals surface area contributed by atoms with E-state index < -0.39 is 59.0 Å². The van der Waals surface area contributed by atoms with Crippen LogP contribution in [0.15, 0.2) is 12.3 Å².